The average Bonchev–Trinajstić information content (AvgIpc) is 3.14. The minimum atomic E-state index is -0.404. The lowest BCUT2D eigenvalue weighted by Crippen LogP contribution is -2.01. The molecule has 3 aromatic rings. The molecular formula is C16H16FN5. The number of nitrogens with two attached hydrogens (primary N) is 1. The standard InChI is InChI=1S/C16H16FN5/c17-12-7-11-14(8-18)21-22-15(11)20-16(12)19-13-6-2-4-9-3-1-5-10(9)13/h2,4,6-7H,1,3,5,8,18H2,(H2,19,20,21,22). The molecule has 2 aromatic heterocycles. The number of hydrogen-bond donors (Lipinski definition) is 3. The number of H-pyrrole nitrogens is 1. The molecule has 0 fully saturated rings. The number of nitrogens with one attached hydrogen (secondary N) is 2. The number of halogens is 1. The van der Waals surface area contributed by atoms with Gasteiger partial charge in [-0.1, -0.05) is 12.1 Å². The van der Waals surface area contributed by atoms with E-state index in [1.165, 1.54) is 17.2 Å². The Morgan fingerprint density at radius 2 is 2.23 bits per heavy atom. The van der Waals surface area contributed by atoms with Crippen molar-refractivity contribution < 1.29 is 4.39 Å². The van der Waals surface area contributed by atoms with E-state index >= 15 is 0 Å². The van der Waals surface area contributed by atoms with E-state index in [2.05, 4.69) is 26.6 Å². The number of aromatic amines is 1. The molecule has 1 aliphatic rings. The second kappa shape index (κ2) is 5.06. The van der Waals surface area contributed by atoms with Crippen molar-refractivity contribution in [1.82, 2.24) is 15.2 Å². The third kappa shape index (κ3) is 2.03. The van der Waals surface area contributed by atoms with Crippen LogP contribution in [0.25, 0.3) is 11.0 Å². The normalized spacial score (nSPS) is 13.5. The fourth-order valence-electron chi connectivity index (χ4n) is 3.07. The first-order valence-electron chi connectivity index (χ1n) is 7.37. The molecule has 0 spiro atoms. The number of pyridine rings is 1. The Kier molecular flexibility index (Phi) is 3.04. The van der Waals surface area contributed by atoms with Crippen LogP contribution in [0.5, 0.6) is 0 Å². The molecule has 0 saturated carbocycles. The fraction of sp³-hybridized carbons (Fsp3) is 0.250. The third-order valence-corrected chi connectivity index (χ3v) is 4.18. The quantitative estimate of drug-likeness (QED) is 0.694. The Labute approximate surface area is 126 Å². The van der Waals surface area contributed by atoms with Crippen LogP contribution in [-0.2, 0) is 19.4 Å². The summed E-state index contributed by atoms with van der Waals surface area (Å²) in [5, 5.41) is 10.6. The minimum absolute atomic E-state index is 0.197. The second-order valence-electron chi connectivity index (χ2n) is 5.52. The largest absolute Gasteiger partial charge is 0.337 e. The van der Waals surface area contributed by atoms with Gasteiger partial charge in [0, 0.05) is 17.6 Å². The molecule has 0 radical (unpaired) electrons. The molecule has 2 heterocycles. The summed E-state index contributed by atoms with van der Waals surface area (Å²) >= 11 is 0. The van der Waals surface area contributed by atoms with Crippen LogP contribution in [-0.4, -0.2) is 15.2 Å². The van der Waals surface area contributed by atoms with Crippen molar-refractivity contribution in [2.75, 3.05) is 5.32 Å². The van der Waals surface area contributed by atoms with Gasteiger partial charge in [-0.3, -0.25) is 5.10 Å². The van der Waals surface area contributed by atoms with Gasteiger partial charge in [0.25, 0.3) is 0 Å². The highest BCUT2D eigenvalue weighted by molar-refractivity contribution is 5.80. The molecule has 0 unspecified atom stereocenters. The number of anilines is 2. The summed E-state index contributed by atoms with van der Waals surface area (Å²) in [4.78, 5) is 4.28. The molecule has 1 aromatic carbocycles. The van der Waals surface area contributed by atoms with Crippen LogP contribution < -0.4 is 11.1 Å². The predicted molar refractivity (Wildman–Crippen MR) is 83.5 cm³/mol. The molecule has 0 bridgehead atoms. The van der Waals surface area contributed by atoms with Crippen molar-refractivity contribution in [2.24, 2.45) is 5.73 Å². The van der Waals surface area contributed by atoms with Crippen molar-refractivity contribution in [1.29, 1.82) is 0 Å². The van der Waals surface area contributed by atoms with Crippen molar-refractivity contribution in [3.05, 3.63) is 46.9 Å². The minimum Gasteiger partial charge on any atom is -0.337 e. The molecule has 6 heteroatoms. The van der Waals surface area contributed by atoms with Crippen molar-refractivity contribution in [3.8, 4) is 0 Å². The lowest BCUT2D eigenvalue weighted by atomic mass is 10.1. The van der Waals surface area contributed by atoms with Crippen molar-refractivity contribution in [2.45, 2.75) is 25.8 Å². The van der Waals surface area contributed by atoms with Gasteiger partial charge in [-0.25, -0.2) is 9.37 Å². The zero-order valence-electron chi connectivity index (χ0n) is 12.0. The molecule has 0 atom stereocenters. The summed E-state index contributed by atoms with van der Waals surface area (Å²) in [7, 11) is 0. The molecule has 4 rings (SSSR count). The maximum absolute atomic E-state index is 14.3. The Morgan fingerprint density at radius 1 is 1.32 bits per heavy atom. The van der Waals surface area contributed by atoms with Gasteiger partial charge in [-0.15, -0.1) is 0 Å². The highest BCUT2D eigenvalue weighted by atomic mass is 19.1. The van der Waals surface area contributed by atoms with Crippen LogP contribution in [0.2, 0.25) is 0 Å². The molecule has 0 aliphatic heterocycles. The van der Waals surface area contributed by atoms with Crippen LogP contribution in [0.1, 0.15) is 23.2 Å². The van der Waals surface area contributed by atoms with E-state index in [-0.39, 0.29) is 12.4 Å². The predicted octanol–water partition coefficient (Wildman–Crippen LogP) is 2.79. The van der Waals surface area contributed by atoms with Gasteiger partial charge in [0.15, 0.2) is 17.3 Å². The van der Waals surface area contributed by atoms with Crippen LogP contribution in [0.4, 0.5) is 15.9 Å². The van der Waals surface area contributed by atoms with Gasteiger partial charge in [0.1, 0.15) is 0 Å². The molecular weight excluding hydrogens is 281 g/mol. The van der Waals surface area contributed by atoms with Gasteiger partial charge < -0.3 is 11.1 Å². The van der Waals surface area contributed by atoms with E-state index < -0.39 is 5.82 Å². The highest BCUT2D eigenvalue weighted by Crippen LogP contribution is 2.31. The summed E-state index contributed by atoms with van der Waals surface area (Å²) in [6.07, 6.45) is 3.24. The zero-order valence-corrected chi connectivity index (χ0v) is 12.0. The maximum Gasteiger partial charge on any atom is 0.183 e. The van der Waals surface area contributed by atoms with Gasteiger partial charge in [-0.05, 0) is 42.5 Å². The van der Waals surface area contributed by atoms with Crippen molar-refractivity contribution in [3.63, 3.8) is 0 Å². The topological polar surface area (TPSA) is 79.6 Å². The summed E-state index contributed by atoms with van der Waals surface area (Å²) in [6.45, 7) is 0.274. The lowest BCUT2D eigenvalue weighted by Gasteiger charge is -2.11. The first-order valence-corrected chi connectivity index (χ1v) is 7.37. The van der Waals surface area contributed by atoms with Crippen LogP contribution in [0.15, 0.2) is 24.3 Å². The zero-order chi connectivity index (χ0) is 15.1. The van der Waals surface area contributed by atoms with E-state index in [1.54, 1.807) is 0 Å². The number of hydrogen-bond acceptors (Lipinski definition) is 4. The van der Waals surface area contributed by atoms with E-state index in [4.69, 9.17) is 5.73 Å². The summed E-state index contributed by atoms with van der Waals surface area (Å²) in [5.74, 6) is -0.206. The summed E-state index contributed by atoms with van der Waals surface area (Å²) in [6, 6.07) is 7.51. The summed E-state index contributed by atoms with van der Waals surface area (Å²) < 4.78 is 14.3. The number of rotatable bonds is 3. The van der Waals surface area contributed by atoms with Crippen LogP contribution in [0.3, 0.4) is 0 Å². The summed E-state index contributed by atoms with van der Waals surface area (Å²) in [5.41, 5.74) is 10.3. The van der Waals surface area contributed by atoms with Gasteiger partial charge in [0.05, 0.1) is 5.69 Å². The van der Waals surface area contributed by atoms with E-state index in [9.17, 15) is 4.39 Å². The average molecular weight is 297 g/mol. The highest BCUT2D eigenvalue weighted by Gasteiger charge is 2.17. The Hall–Kier alpha value is -2.47. The number of aryl methyl sites for hydroxylation is 1. The molecule has 0 saturated heterocycles. The van der Waals surface area contributed by atoms with Crippen molar-refractivity contribution >= 4 is 22.5 Å². The molecule has 0 amide bonds. The lowest BCUT2D eigenvalue weighted by molar-refractivity contribution is 0.629. The Morgan fingerprint density at radius 3 is 3.09 bits per heavy atom. The number of fused-ring (bicyclic) bond motifs is 2. The van der Waals surface area contributed by atoms with Gasteiger partial charge in [0.2, 0.25) is 0 Å². The third-order valence-electron chi connectivity index (χ3n) is 4.18. The van der Waals surface area contributed by atoms with Gasteiger partial charge >= 0.3 is 0 Å². The number of aromatic nitrogens is 3. The Bertz CT molecular complexity index is 855. The van der Waals surface area contributed by atoms with E-state index in [0.29, 0.717) is 16.7 Å². The molecule has 112 valence electrons. The number of benzene rings is 1. The first kappa shape index (κ1) is 13.2. The monoisotopic (exact) mass is 297 g/mol. The molecule has 1 aliphatic carbocycles. The molecule has 22 heavy (non-hydrogen) atoms. The SMILES string of the molecule is NCc1[nH]nc2nc(Nc3cccc4c3CCC4)c(F)cc12. The fourth-order valence-corrected chi connectivity index (χ4v) is 3.07. The number of nitrogens with zero attached hydrogens (tertiary/aromatic N) is 2. The van der Waals surface area contributed by atoms with Crippen LogP contribution >= 0.6 is 0 Å². The molecule has 5 nitrogen and oxygen atoms in total. The van der Waals surface area contributed by atoms with Crippen LogP contribution in [0, 0.1) is 5.82 Å². The van der Waals surface area contributed by atoms with E-state index in [0.717, 1.165) is 24.9 Å². The first-order chi connectivity index (χ1) is 10.8. The second-order valence-corrected chi connectivity index (χ2v) is 5.52. The maximum atomic E-state index is 14.3. The Balaban J connectivity index is 1.76. The molecule has 4 N–H and O–H groups in total. The smallest absolute Gasteiger partial charge is 0.183 e. The van der Waals surface area contributed by atoms with Gasteiger partial charge in [-0.2, -0.15) is 5.10 Å². The van der Waals surface area contributed by atoms with E-state index in [1.807, 2.05) is 12.1 Å².